The van der Waals surface area contributed by atoms with Gasteiger partial charge in [-0.15, -0.1) is 0 Å². The van der Waals surface area contributed by atoms with Gasteiger partial charge in [-0.05, 0) is 24.5 Å². The lowest BCUT2D eigenvalue weighted by Crippen LogP contribution is -2.45. The first-order valence-electron chi connectivity index (χ1n) is 6.88. The maximum Gasteiger partial charge on any atom is 0.305 e. The number of hydrogen-bond donors (Lipinski definition) is 2. The van der Waals surface area contributed by atoms with Gasteiger partial charge in [0.15, 0.2) is 0 Å². The van der Waals surface area contributed by atoms with E-state index in [1.807, 2.05) is 6.92 Å². The van der Waals surface area contributed by atoms with Crippen molar-refractivity contribution in [2.24, 2.45) is 5.92 Å². The second-order valence-corrected chi connectivity index (χ2v) is 5.29. The molecule has 0 aliphatic carbocycles. The Labute approximate surface area is 122 Å². The number of nitro groups is 1. The number of likely N-dealkylation sites (tertiary alicyclic amines) is 1. The highest BCUT2D eigenvalue weighted by atomic mass is 16.6. The minimum atomic E-state index is -0.589. The average Bonchev–Trinajstić information content (AvgIpc) is 2.48. The third-order valence-electron chi connectivity index (χ3n) is 3.92. The Bertz CT molecular complexity index is 561. The fourth-order valence-corrected chi connectivity index (χ4v) is 2.52. The minimum Gasteiger partial charge on any atom is -0.391 e. The van der Waals surface area contributed by atoms with Crippen molar-refractivity contribution in [3.05, 3.63) is 33.9 Å². The number of para-hydroxylation sites is 1. The molecule has 7 nitrogen and oxygen atoms in total. The van der Waals surface area contributed by atoms with Crippen molar-refractivity contribution in [1.82, 2.24) is 4.90 Å². The number of nitrogens with zero attached hydrogens (tertiary/aromatic N) is 2. The Balaban J connectivity index is 2.33. The molecular formula is C14H19N3O4. The van der Waals surface area contributed by atoms with Crippen LogP contribution in [0.15, 0.2) is 18.2 Å². The summed E-state index contributed by atoms with van der Waals surface area (Å²) in [5.41, 5.74) is 0.128. The fourth-order valence-electron chi connectivity index (χ4n) is 2.52. The largest absolute Gasteiger partial charge is 0.391 e. The van der Waals surface area contributed by atoms with Crippen LogP contribution >= 0.6 is 0 Å². The molecule has 1 aromatic rings. The van der Waals surface area contributed by atoms with E-state index in [1.54, 1.807) is 19.2 Å². The van der Waals surface area contributed by atoms with E-state index in [0.29, 0.717) is 18.7 Å². The van der Waals surface area contributed by atoms with Gasteiger partial charge >= 0.3 is 5.69 Å². The van der Waals surface area contributed by atoms with Crippen molar-refractivity contribution in [3.8, 4) is 0 Å². The summed E-state index contributed by atoms with van der Waals surface area (Å²) in [4.78, 5) is 24.7. The lowest BCUT2D eigenvalue weighted by molar-refractivity contribution is -0.384. The molecule has 1 fully saturated rings. The number of carbonyl (C=O) groups is 1. The van der Waals surface area contributed by atoms with Gasteiger partial charge in [-0.1, -0.05) is 13.0 Å². The average molecular weight is 293 g/mol. The number of aliphatic hydroxyl groups is 1. The summed E-state index contributed by atoms with van der Waals surface area (Å²) in [6.07, 6.45) is 0.0983. The van der Waals surface area contributed by atoms with E-state index in [1.165, 1.54) is 11.0 Å². The zero-order chi connectivity index (χ0) is 15.6. The molecule has 2 N–H and O–H groups in total. The molecular weight excluding hydrogens is 274 g/mol. The molecule has 1 aliphatic heterocycles. The monoisotopic (exact) mass is 293 g/mol. The SMILES string of the molecule is CNc1cccc(C(=O)N2CCC(C)C(O)C2)c1[N+](=O)[O-]. The molecule has 1 saturated heterocycles. The summed E-state index contributed by atoms with van der Waals surface area (Å²) in [7, 11) is 1.57. The summed E-state index contributed by atoms with van der Waals surface area (Å²) in [6.45, 7) is 2.63. The molecule has 2 unspecified atom stereocenters. The predicted molar refractivity (Wildman–Crippen MR) is 78.3 cm³/mol. The van der Waals surface area contributed by atoms with E-state index in [0.717, 1.165) is 0 Å². The van der Waals surface area contributed by atoms with Gasteiger partial charge in [-0.2, -0.15) is 0 Å². The second-order valence-electron chi connectivity index (χ2n) is 5.29. The Morgan fingerprint density at radius 3 is 2.81 bits per heavy atom. The molecule has 21 heavy (non-hydrogen) atoms. The quantitative estimate of drug-likeness (QED) is 0.650. The molecule has 0 bridgehead atoms. The highest BCUT2D eigenvalue weighted by Crippen LogP contribution is 2.30. The highest BCUT2D eigenvalue weighted by molar-refractivity contribution is 6.00. The molecule has 0 radical (unpaired) electrons. The lowest BCUT2D eigenvalue weighted by Gasteiger charge is -2.34. The second kappa shape index (κ2) is 6.09. The summed E-state index contributed by atoms with van der Waals surface area (Å²) < 4.78 is 0. The topological polar surface area (TPSA) is 95.7 Å². The van der Waals surface area contributed by atoms with Crippen LogP contribution in [0.1, 0.15) is 23.7 Å². The van der Waals surface area contributed by atoms with Gasteiger partial charge in [-0.3, -0.25) is 14.9 Å². The molecule has 0 spiro atoms. The van der Waals surface area contributed by atoms with Crippen LogP contribution in [0.4, 0.5) is 11.4 Å². The normalized spacial score (nSPS) is 22.0. The number of nitro benzene ring substituents is 1. The van der Waals surface area contributed by atoms with Crippen molar-refractivity contribution >= 4 is 17.3 Å². The maximum atomic E-state index is 12.5. The number of nitrogens with one attached hydrogen (secondary N) is 1. The number of aliphatic hydroxyl groups excluding tert-OH is 1. The van der Waals surface area contributed by atoms with Crippen LogP contribution in [-0.4, -0.2) is 47.1 Å². The number of piperidine rings is 1. The summed E-state index contributed by atoms with van der Waals surface area (Å²) in [5, 5.41) is 23.9. The first kappa shape index (κ1) is 15.2. The minimum absolute atomic E-state index is 0.0496. The number of carbonyl (C=O) groups excluding carboxylic acids is 1. The van der Waals surface area contributed by atoms with Crippen LogP contribution in [-0.2, 0) is 0 Å². The van der Waals surface area contributed by atoms with Crippen molar-refractivity contribution in [1.29, 1.82) is 0 Å². The van der Waals surface area contributed by atoms with Crippen LogP contribution in [0.5, 0.6) is 0 Å². The molecule has 1 amide bonds. The number of β-amino-alcohol motifs (C(OH)–C–C–N with tert-alkyl or cyclic N) is 1. The molecule has 1 aliphatic rings. The molecule has 0 aromatic heterocycles. The zero-order valence-electron chi connectivity index (χ0n) is 12.1. The van der Waals surface area contributed by atoms with Crippen LogP contribution in [0.25, 0.3) is 0 Å². The smallest absolute Gasteiger partial charge is 0.305 e. The molecule has 114 valence electrons. The van der Waals surface area contributed by atoms with Gasteiger partial charge in [0.2, 0.25) is 0 Å². The Hall–Kier alpha value is -2.15. The van der Waals surface area contributed by atoms with Crippen molar-refractivity contribution in [2.75, 3.05) is 25.5 Å². The summed E-state index contributed by atoms with van der Waals surface area (Å²) in [5.74, 6) is -0.280. The lowest BCUT2D eigenvalue weighted by atomic mass is 9.95. The van der Waals surface area contributed by atoms with Crippen LogP contribution in [0.3, 0.4) is 0 Å². The van der Waals surface area contributed by atoms with Gasteiger partial charge in [0.1, 0.15) is 11.3 Å². The van der Waals surface area contributed by atoms with Crippen LogP contribution in [0, 0.1) is 16.0 Å². The van der Waals surface area contributed by atoms with E-state index in [9.17, 15) is 20.0 Å². The van der Waals surface area contributed by atoms with Gasteiger partial charge in [-0.25, -0.2) is 0 Å². The van der Waals surface area contributed by atoms with E-state index in [-0.39, 0.29) is 23.7 Å². The summed E-state index contributed by atoms with van der Waals surface area (Å²) >= 11 is 0. The van der Waals surface area contributed by atoms with Crippen LogP contribution in [0.2, 0.25) is 0 Å². The van der Waals surface area contributed by atoms with Gasteiger partial charge in [0.05, 0.1) is 11.0 Å². The molecule has 2 atom stereocenters. The van der Waals surface area contributed by atoms with E-state index in [4.69, 9.17) is 0 Å². The zero-order valence-corrected chi connectivity index (χ0v) is 12.1. The Kier molecular flexibility index (Phi) is 4.42. The number of rotatable bonds is 3. The number of anilines is 1. The fraction of sp³-hybridized carbons (Fsp3) is 0.500. The molecule has 1 aromatic carbocycles. The van der Waals surface area contributed by atoms with Crippen molar-refractivity contribution in [3.63, 3.8) is 0 Å². The molecule has 2 rings (SSSR count). The number of benzene rings is 1. The first-order valence-corrected chi connectivity index (χ1v) is 6.88. The maximum absolute atomic E-state index is 12.5. The number of hydrogen-bond acceptors (Lipinski definition) is 5. The Morgan fingerprint density at radius 1 is 1.52 bits per heavy atom. The molecule has 1 heterocycles. The van der Waals surface area contributed by atoms with Crippen molar-refractivity contribution < 1.29 is 14.8 Å². The van der Waals surface area contributed by atoms with Gasteiger partial charge in [0.25, 0.3) is 5.91 Å². The van der Waals surface area contributed by atoms with E-state index < -0.39 is 16.9 Å². The number of amides is 1. The third-order valence-corrected chi connectivity index (χ3v) is 3.92. The van der Waals surface area contributed by atoms with Crippen molar-refractivity contribution in [2.45, 2.75) is 19.4 Å². The van der Waals surface area contributed by atoms with E-state index >= 15 is 0 Å². The van der Waals surface area contributed by atoms with Crippen LogP contribution < -0.4 is 5.32 Å². The van der Waals surface area contributed by atoms with E-state index in [2.05, 4.69) is 5.32 Å². The molecule has 0 saturated carbocycles. The third kappa shape index (κ3) is 2.97. The van der Waals surface area contributed by atoms with Gasteiger partial charge < -0.3 is 15.3 Å². The first-order chi connectivity index (χ1) is 9.95. The van der Waals surface area contributed by atoms with Gasteiger partial charge in [0, 0.05) is 20.1 Å². The summed E-state index contributed by atoms with van der Waals surface area (Å²) in [6, 6.07) is 4.61. The molecule has 7 heteroatoms. The predicted octanol–water partition coefficient (Wildman–Crippen LogP) is 1.48. The highest BCUT2D eigenvalue weighted by Gasteiger charge is 2.32. The standard InChI is InChI=1S/C14H19N3O4/c1-9-6-7-16(8-12(9)18)14(19)10-4-3-5-11(15-2)13(10)17(20)21/h3-5,9,12,15,18H,6-8H2,1-2H3. The Morgan fingerprint density at radius 2 is 2.24 bits per heavy atom.